The van der Waals surface area contributed by atoms with Crippen molar-refractivity contribution in [3.8, 4) is 11.5 Å². The third kappa shape index (κ3) is 6.26. The molecule has 1 heterocycles. The minimum absolute atomic E-state index is 0.116. The van der Waals surface area contributed by atoms with Crippen LogP contribution in [0.1, 0.15) is 49.1 Å². The lowest BCUT2D eigenvalue weighted by Crippen LogP contribution is -2.17. The number of nitrogens with zero attached hydrogens (tertiary/aromatic N) is 2. The summed E-state index contributed by atoms with van der Waals surface area (Å²) >= 11 is 0. The van der Waals surface area contributed by atoms with E-state index in [4.69, 9.17) is 9.52 Å². The molecule has 0 aliphatic rings. The zero-order valence-electron chi connectivity index (χ0n) is 16.7. The summed E-state index contributed by atoms with van der Waals surface area (Å²) < 4.78 is 5.93. The van der Waals surface area contributed by atoms with Gasteiger partial charge in [0.05, 0.1) is 6.42 Å². The lowest BCUT2D eigenvalue weighted by molar-refractivity contribution is -0.136. The van der Waals surface area contributed by atoms with Gasteiger partial charge in [0.15, 0.2) is 0 Å². The van der Waals surface area contributed by atoms with Crippen molar-refractivity contribution < 1.29 is 14.3 Å². The fourth-order valence-electron chi connectivity index (χ4n) is 3.32. The average Bonchev–Trinajstić information content (AvgIpc) is 3.20. The van der Waals surface area contributed by atoms with E-state index < -0.39 is 5.97 Å². The van der Waals surface area contributed by atoms with E-state index in [1.165, 1.54) is 5.56 Å². The van der Waals surface area contributed by atoms with Crippen LogP contribution in [0.5, 0.6) is 0 Å². The van der Waals surface area contributed by atoms with Crippen molar-refractivity contribution in [2.24, 2.45) is 0 Å². The Kier molecular flexibility index (Phi) is 7.53. The molecule has 3 aromatic rings. The molecule has 0 fully saturated rings. The first kappa shape index (κ1) is 20.7. The van der Waals surface area contributed by atoms with Crippen LogP contribution in [-0.4, -0.2) is 27.8 Å². The van der Waals surface area contributed by atoms with Gasteiger partial charge in [-0.05, 0) is 35.6 Å². The molecule has 3 rings (SSSR count). The Bertz CT molecular complexity index is 891. The van der Waals surface area contributed by atoms with Gasteiger partial charge in [-0.1, -0.05) is 55.8 Å². The standard InChI is InChI=1S/C23H27N3O3/c1-2-6-20(18-7-4-3-5-8-18)15-21-25-26-23(29-21)19-11-9-17(10-12-19)16-24-14-13-22(27)28/h3-5,7-12,20,24H,2,6,13-16H2,1H3,(H,27,28)/t20-/m0/s1. The second-order valence-corrected chi connectivity index (χ2v) is 7.12. The molecule has 2 N–H and O–H groups in total. The number of aliphatic carboxylic acids is 1. The third-order valence-corrected chi connectivity index (χ3v) is 4.84. The van der Waals surface area contributed by atoms with E-state index in [2.05, 4.69) is 46.7 Å². The predicted octanol–water partition coefficient (Wildman–Crippen LogP) is 4.43. The van der Waals surface area contributed by atoms with Gasteiger partial charge in [-0.3, -0.25) is 4.79 Å². The van der Waals surface area contributed by atoms with E-state index in [0.717, 1.165) is 30.4 Å². The molecule has 0 amide bonds. The van der Waals surface area contributed by atoms with Gasteiger partial charge in [-0.2, -0.15) is 0 Å². The monoisotopic (exact) mass is 393 g/mol. The van der Waals surface area contributed by atoms with E-state index in [9.17, 15) is 4.79 Å². The summed E-state index contributed by atoms with van der Waals surface area (Å²) in [5, 5.41) is 20.2. The van der Waals surface area contributed by atoms with Gasteiger partial charge in [-0.25, -0.2) is 0 Å². The molecule has 6 nitrogen and oxygen atoms in total. The maximum Gasteiger partial charge on any atom is 0.304 e. The SMILES string of the molecule is CCC[C@@H](Cc1nnc(-c2ccc(CNCCC(=O)O)cc2)o1)c1ccccc1. The Labute approximate surface area is 171 Å². The quantitative estimate of drug-likeness (QED) is 0.469. The second-order valence-electron chi connectivity index (χ2n) is 7.12. The summed E-state index contributed by atoms with van der Waals surface area (Å²) in [6.07, 6.45) is 3.02. The van der Waals surface area contributed by atoms with Gasteiger partial charge in [0.2, 0.25) is 11.8 Å². The maximum atomic E-state index is 10.5. The lowest BCUT2D eigenvalue weighted by atomic mass is 9.91. The summed E-state index contributed by atoms with van der Waals surface area (Å²) in [5.41, 5.74) is 3.25. The van der Waals surface area contributed by atoms with Gasteiger partial charge >= 0.3 is 5.97 Å². The highest BCUT2D eigenvalue weighted by molar-refractivity contribution is 5.66. The number of carbonyl (C=O) groups is 1. The van der Waals surface area contributed by atoms with E-state index in [1.54, 1.807) is 0 Å². The van der Waals surface area contributed by atoms with Crippen LogP contribution in [0.2, 0.25) is 0 Å². The van der Waals surface area contributed by atoms with Gasteiger partial charge in [-0.15, -0.1) is 10.2 Å². The van der Waals surface area contributed by atoms with E-state index >= 15 is 0 Å². The molecule has 0 saturated heterocycles. The van der Waals surface area contributed by atoms with Gasteiger partial charge in [0.25, 0.3) is 0 Å². The first-order valence-corrected chi connectivity index (χ1v) is 10.0. The van der Waals surface area contributed by atoms with E-state index in [1.807, 2.05) is 30.3 Å². The highest BCUT2D eigenvalue weighted by atomic mass is 16.4. The fraction of sp³-hybridized carbons (Fsp3) is 0.348. The highest BCUT2D eigenvalue weighted by Gasteiger charge is 2.16. The predicted molar refractivity (Wildman–Crippen MR) is 111 cm³/mol. The normalized spacial score (nSPS) is 12.0. The molecule has 0 aliphatic heterocycles. The molecule has 29 heavy (non-hydrogen) atoms. The van der Waals surface area contributed by atoms with Gasteiger partial charge in [0, 0.05) is 25.1 Å². The number of aromatic nitrogens is 2. The Hall–Kier alpha value is -2.99. The molecule has 0 aliphatic carbocycles. The highest BCUT2D eigenvalue weighted by Crippen LogP contribution is 2.27. The van der Waals surface area contributed by atoms with Crippen LogP contribution in [0, 0.1) is 0 Å². The van der Waals surface area contributed by atoms with Crippen LogP contribution >= 0.6 is 0 Å². The molecule has 2 aromatic carbocycles. The fourth-order valence-corrected chi connectivity index (χ4v) is 3.32. The number of carboxylic acids is 1. The Morgan fingerprint density at radius 1 is 1.10 bits per heavy atom. The van der Waals surface area contributed by atoms with Crippen LogP contribution in [0.3, 0.4) is 0 Å². The molecular formula is C23H27N3O3. The zero-order chi connectivity index (χ0) is 20.5. The Morgan fingerprint density at radius 2 is 1.86 bits per heavy atom. The van der Waals surface area contributed by atoms with Gasteiger partial charge in [0.1, 0.15) is 0 Å². The number of carboxylic acid groups (broad SMARTS) is 1. The maximum absolute atomic E-state index is 10.5. The average molecular weight is 393 g/mol. The minimum Gasteiger partial charge on any atom is -0.481 e. The number of nitrogens with one attached hydrogen (secondary N) is 1. The molecule has 152 valence electrons. The van der Waals surface area contributed by atoms with Crippen LogP contribution in [0.4, 0.5) is 0 Å². The molecule has 0 bridgehead atoms. The number of hydrogen-bond donors (Lipinski definition) is 2. The summed E-state index contributed by atoms with van der Waals surface area (Å²) in [6.45, 7) is 3.26. The molecule has 0 radical (unpaired) electrons. The number of benzene rings is 2. The van der Waals surface area contributed by atoms with Crippen molar-refractivity contribution in [1.29, 1.82) is 0 Å². The van der Waals surface area contributed by atoms with Crippen LogP contribution in [0.15, 0.2) is 59.0 Å². The Balaban J connectivity index is 1.61. The van der Waals surface area contributed by atoms with Crippen LogP contribution in [-0.2, 0) is 17.8 Å². The molecular weight excluding hydrogens is 366 g/mol. The number of hydrogen-bond acceptors (Lipinski definition) is 5. The topological polar surface area (TPSA) is 88.2 Å². The van der Waals surface area contributed by atoms with E-state index in [-0.39, 0.29) is 6.42 Å². The molecule has 0 saturated carbocycles. The first-order valence-electron chi connectivity index (χ1n) is 10.0. The van der Waals surface area contributed by atoms with Gasteiger partial charge < -0.3 is 14.8 Å². The van der Waals surface area contributed by atoms with Crippen molar-refractivity contribution in [1.82, 2.24) is 15.5 Å². The van der Waals surface area contributed by atoms with Crippen molar-refractivity contribution in [3.05, 3.63) is 71.6 Å². The summed E-state index contributed by atoms with van der Waals surface area (Å²) in [7, 11) is 0. The summed E-state index contributed by atoms with van der Waals surface area (Å²) in [6, 6.07) is 18.3. The molecule has 6 heteroatoms. The molecule has 0 unspecified atom stereocenters. The van der Waals surface area contributed by atoms with Crippen molar-refractivity contribution >= 4 is 5.97 Å². The largest absolute Gasteiger partial charge is 0.481 e. The summed E-state index contributed by atoms with van der Waals surface area (Å²) in [5.74, 6) is 0.748. The second kappa shape index (κ2) is 10.5. The first-order chi connectivity index (χ1) is 14.2. The lowest BCUT2D eigenvalue weighted by Gasteiger charge is -2.14. The molecule has 0 spiro atoms. The number of rotatable bonds is 11. The zero-order valence-corrected chi connectivity index (χ0v) is 16.7. The Morgan fingerprint density at radius 3 is 2.55 bits per heavy atom. The molecule has 1 aromatic heterocycles. The molecule has 1 atom stereocenters. The summed E-state index contributed by atoms with van der Waals surface area (Å²) in [4.78, 5) is 10.5. The third-order valence-electron chi connectivity index (χ3n) is 4.84. The smallest absolute Gasteiger partial charge is 0.304 e. The minimum atomic E-state index is -0.798. The van der Waals surface area contributed by atoms with E-state index in [0.29, 0.717) is 30.8 Å². The van der Waals surface area contributed by atoms with Crippen LogP contribution < -0.4 is 5.32 Å². The van der Waals surface area contributed by atoms with Crippen molar-refractivity contribution in [2.75, 3.05) is 6.54 Å². The van der Waals surface area contributed by atoms with Crippen molar-refractivity contribution in [2.45, 2.75) is 45.1 Å². The van der Waals surface area contributed by atoms with Crippen molar-refractivity contribution in [3.63, 3.8) is 0 Å². The van der Waals surface area contributed by atoms with Crippen LogP contribution in [0.25, 0.3) is 11.5 Å².